The number of aryl methyl sites for hydroxylation is 1. The summed E-state index contributed by atoms with van der Waals surface area (Å²) in [7, 11) is 1.63. The number of hydrogen-bond acceptors (Lipinski definition) is 2. The molecule has 2 rings (SSSR count). The highest BCUT2D eigenvalue weighted by molar-refractivity contribution is 8.13. The molecule has 0 aliphatic heterocycles. The lowest BCUT2D eigenvalue weighted by atomic mass is 10.2. The van der Waals surface area contributed by atoms with Gasteiger partial charge in [-0.15, -0.1) is 0 Å². The number of rotatable bonds is 1. The fourth-order valence-corrected chi connectivity index (χ4v) is 2.67. The van der Waals surface area contributed by atoms with Crippen LogP contribution >= 0.6 is 10.7 Å². The van der Waals surface area contributed by atoms with Crippen LogP contribution in [-0.2, 0) is 9.05 Å². The van der Waals surface area contributed by atoms with E-state index < -0.39 is 9.05 Å². The average Bonchev–Trinajstić information content (AvgIpc) is 2.15. The Morgan fingerprint density at radius 1 is 1.25 bits per heavy atom. The molecule has 0 bridgehead atoms. The van der Waals surface area contributed by atoms with Crippen LogP contribution in [0.3, 0.4) is 0 Å². The van der Waals surface area contributed by atoms with Crippen molar-refractivity contribution in [3.8, 4) is 0 Å². The average molecular weight is 278 g/mol. The lowest BCUT2D eigenvalue weighted by molar-refractivity contribution is -0.358. The van der Waals surface area contributed by atoms with E-state index in [1.54, 1.807) is 13.0 Å². The molecule has 6 heteroatoms. The third kappa shape index (κ3) is 2.45. The number of pyridine rings is 1. The molecule has 0 aliphatic rings. The number of nitrogens with one attached hydrogen (secondary N) is 1. The van der Waals surface area contributed by atoms with Gasteiger partial charge in [0.15, 0.2) is 5.69 Å². The Morgan fingerprint density at radius 3 is 2.50 bits per heavy atom. The molecule has 0 radical (unpaired) electrons. The zero-order chi connectivity index (χ0) is 11.1. The molecule has 1 N–H and O–H groups in total. The van der Waals surface area contributed by atoms with Gasteiger partial charge in [0.1, 0.15) is 4.90 Å². The van der Waals surface area contributed by atoms with E-state index >= 15 is 0 Å². The maximum atomic E-state index is 11.2. The number of benzene rings is 1. The minimum absolute atomic E-state index is 0. The number of fused-ring (bicyclic) bond motifs is 1. The summed E-state index contributed by atoms with van der Waals surface area (Å²) in [6.07, 6.45) is 0. The molecule has 0 unspecified atom stereocenters. The van der Waals surface area contributed by atoms with Gasteiger partial charge in [0, 0.05) is 29.1 Å². The summed E-state index contributed by atoms with van der Waals surface area (Å²) in [6.45, 7) is 1.68. The Bertz CT molecular complexity index is 626. The first-order valence-corrected chi connectivity index (χ1v) is 6.66. The zero-order valence-electron chi connectivity index (χ0n) is 8.37. The molecule has 0 aliphatic carbocycles. The molecule has 0 saturated carbocycles. The van der Waals surface area contributed by atoms with Gasteiger partial charge in [0.05, 0.1) is 0 Å². The summed E-state index contributed by atoms with van der Waals surface area (Å²) >= 11 is 0. The van der Waals surface area contributed by atoms with E-state index in [9.17, 15) is 8.42 Å². The van der Waals surface area contributed by atoms with Crippen molar-refractivity contribution in [2.75, 3.05) is 0 Å². The molecule has 0 spiro atoms. The van der Waals surface area contributed by atoms with Gasteiger partial charge in [-0.05, 0) is 12.1 Å². The Hall–Kier alpha value is -0.840. The van der Waals surface area contributed by atoms with Gasteiger partial charge in [-0.2, -0.15) is 0 Å². The normalized spacial score (nSPS) is 11.1. The van der Waals surface area contributed by atoms with E-state index in [1.165, 1.54) is 0 Å². The second-order valence-electron chi connectivity index (χ2n) is 3.28. The van der Waals surface area contributed by atoms with Gasteiger partial charge in [0.2, 0.25) is 5.52 Å². The molecule has 86 valence electrons. The smallest absolute Gasteiger partial charge is 0.267 e. The monoisotopic (exact) mass is 277 g/mol. The fraction of sp³-hybridized carbons (Fsp3) is 0.100. The van der Waals surface area contributed by atoms with Gasteiger partial charge >= 0.3 is 0 Å². The van der Waals surface area contributed by atoms with Crippen molar-refractivity contribution in [2.24, 2.45) is 0 Å². The highest BCUT2D eigenvalue weighted by Gasteiger charge is 2.19. The minimum atomic E-state index is -3.68. The predicted molar refractivity (Wildman–Crippen MR) is 58.3 cm³/mol. The van der Waals surface area contributed by atoms with Crippen molar-refractivity contribution in [2.45, 2.75) is 11.8 Å². The number of halogens is 2. The van der Waals surface area contributed by atoms with Gasteiger partial charge in [0.25, 0.3) is 9.05 Å². The van der Waals surface area contributed by atoms with Gasteiger partial charge in [-0.1, -0.05) is 12.1 Å². The van der Waals surface area contributed by atoms with Gasteiger partial charge in [-0.25, -0.2) is 13.4 Å². The fourth-order valence-electron chi connectivity index (χ4n) is 1.50. The molecule has 0 fully saturated rings. The van der Waals surface area contributed by atoms with E-state index in [2.05, 4.69) is 4.98 Å². The summed E-state index contributed by atoms with van der Waals surface area (Å²) in [6, 6.07) is 9.01. The first kappa shape index (κ1) is 13.2. The maximum Gasteiger partial charge on any atom is 0.267 e. The lowest BCUT2D eigenvalue weighted by Gasteiger charge is -1.98. The van der Waals surface area contributed by atoms with Crippen molar-refractivity contribution < 1.29 is 25.8 Å². The van der Waals surface area contributed by atoms with Crippen molar-refractivity contribution in [1.29, 1.82) is 0 Å². The number of para-hydroxylation sites is 1. The Labute approximate surface area is 104 Å². The summed E-state index contributed by atoms with van der Waals surface area (Å²) in [5, 5.41) is 0.822. The summed E-state index contributed by atoms with van der Waals surface area (Å²) < 4.78 is 22.5. The number of aromatic amines is 1. The highest BCUT2D eigenvalue weighted by Crippen LogP contribution is 2.20. The van der Waals surface area contributed by atoms with E-state index in [4.69, 9.17) is 10.7 Å². The molecule has 1 aromatic carbocycles. The molecule has 0 atom stereocenters. The molecular formula is C10H9Cl2NO2S. The molecule has 3 nitrogen and oxygen atoms in total. The van der Waals surface area contributed by atoms with Crippen LogP contribution in [0.1, 0.15) is 5.69 Å². The molecular weight excluding hydrogens is 269 g/mol. The maximum absolute atomic E-state index is 11.2. The summed E-state index contributed by atoms with van der Waals surface area (Å²) in [4.78, 5) is 3.13. The van der Waals surface area contributed by atoms with Gasteiger partial charge in [-0.3, -0.25) is 0 Å². The first-order chi connectivity index (χ1) is 6.98. The van der Waals surface area contributed by atoms with Crippen LogP contribution in [0.5, 0.6) is 0 Å². The quantitative estimate of drug-likeness (QED) is 0.621. The number of hydrogen-bond donors (Lipinski definition) is 0. The standard InChI is InChI=1S/C10H8ClNO2S.ClH/c1-7-10(15(11,13)14)6-8-4-2-3-5-9(8)12-7;/h2-6H,1H3;1H. The van der Waals surface area contributed by atoms with E-state index in [0.717, 1.165) is 10.9 Å². The SMILES string of the molecule is Cc1[nH+]c2ccccc2cc1S(=O)(=O)Cl.[Cl-]. The largest absolute Gasteiger partial charge is 1.00 e. The topological polar surface area (TPSA) is 48.3 Å². The van der Waals surface area contributed by atoms with Crippen molar-refractivity contribution in [3.63, 3.8) is 0 Å². The first-order valence-electron chi connectivity index (χ1n) is 4.35. The van der Waals surface area contributed by atoms with E-state index in [-0.39, 0.29) is 17.3 Å². The number of aromatic nitrogens is 1. The van der Waals surface area contributed by atoms with Crippen LogP contribution in [0.15, 0.2) is 35.2 Å². The van der Waals surface area contributed by atoms with E-state index in [1.807, 2.05) is 24.3 Å². The third-order valence-corrected chi connectivity index (χ3v) is 3.65. The van der Waals surface area contributed by atoms with E-state index in [0.29, 0.717) is 5.69 Å². The molecule has 0 saturated heterocycles. The van der Waals surface area contributed by atoms with Gasteiger partial charge < -0.3 is 12.4 Å². The van der Waals surface area contributed by atoms with Crippen molar-refractivity contribution in [1.82, 2.24) is 0 Å². The Morgan fingerprint density at radius 2 is 1.88 bits per heavy atom. The summed E-state index contributed by atoms with van der Waals surface area (Å²) in [5.41, 5.74) is 1.43. The molecule has 1 aromatic heterocycles. The molecule has 16 heavy (non-hydrogen) atoms. The molecule has 2 aromatic rings. The predicted octanol–water partition coefficient (Wildman–Crippen LogP) is -1.11. The van der Waals surface area contributed by atoms with Crippen molar-refractivity contribution >= 4 is 30.6 Å². The molecule has 1 heterocycles. The Kier molecular flexibility index (Phi) is 3.78. The van der Waals surface area contributed by atoms with Crippen LogP contribution in [0, 0.1) is 6.92 Å². The third-order valence-electron chi connectivity index (χ3n) is 2.20. The van der Waals surface area contributed by atoms with Crippen LogP contribution in [0.2, 0.25) is 0 Å². The zero-order valence-corrected chi connectivity index (χ0v) is 10.7. The number of H-pyrrole nitrogens is 1. The van der Waals surface area contributed by atoms with Crippen LogP contribution in [-0.4, -0.2) is 8.42 Å². The second kappa shape index (κ2) is 4.57. The van der Waals surface area contributed by atoms with Crippen LogP contribution < -0.4 is 17.4 Å². The lowest BCUT2D eigenvalue weighted by Crippen LogP contribution is -3.00. The summed E-state index contributed by atoms with van der Waals surface area (Å²) in [5.74, 6) is 0. The van der Waals surface area contributed by atoms with Crippen LogP contribution in [0.4, 0.5) is 0 Å². The molecule has 0 amide bonds. The van der Waals surface area contributed by atoms with Crippen LogP contribution in [0.25, 0.3) is 10.9 Å². The Balaban J connectivity index is 0.00000128. The van der Waals surface area contributed by atoms with Crippen molar-refractivity contribution in [3.05, 3.63) is 36.0 Å². The second-order valence-corrected chi connectivity index (χ2v) is 5.82. The highest BCUT2D eigenvalue weighted by atomic mass is 35.7. The minimum Gasteiger partial charge on any atom is -1.00 e.